The fourth-order valence-electron chi connectivity index (χ4n) is 3.13. The van der Waals surface area contributed by atoms with Gasteiger partial charge >= 0.3 is 0 Å². The van der Waals surface area contributed by atoms with Crippen LogP contribution >= 0.6 is 0 Å². The fraction of sp³-hybridized carbons (Fsp3) is 0.783. The molecule has 0 fully saturated rings. The van der Waals surface area contributed by atoms with Gasteiger partial charge in [0.15, 0.2) is 0 Å². The molecule has 1 aromatic rings. The Kier molecular flexibility index (Phi) is 9.37. The van der Waals surface area contributed by atoms with Crippen molar-refractivity contribution in [3.05, 3.63) is 11.8 Å². The number of anilines is 1. The van der Waals surface area contributed by atoms with Crippen LogP contribution in [0, 0.1) is 0 Å². The SMILES string of the molecule is CCCCCCC(=O)N(CCC)CC(=O)Nc1cc(C(C)(C)C)nn1C(C)(C)C. The third-order valence-electron chi connectivity index (χ3n) is 4.81. The van der Waals surface area contributed by atoms with Crippen LogP contribution in [0.4, 0.5) is 5.82 Å². The smallest absolute Gasteiger partial charge is 0.245 e. The van der Waals surface area contributed by atoms with E-state index in [1.807, 2.05) is 17.7 Å². The summed E-state index contributed by atoms with van der Waals surface area (Å²) in [6.45, 7) is 17.4. The highest BCUT2D eigenvalue weighted by atomic mass is 16.2. The van der Waals surface area contributed by atoms with Crippen LogP contribution in [0.25, 0.3) is 0 Å². The number of carbonyl (C=O) groups excluding carboxylic acids is 2. The van der Waals surface area contributed by atoms with Crippen molar-refractivity contribution in [3.63, 3.8) is 0 Å². The van der Waals surface area contributed by atoms with Gasteiger partial charge in [0.25, 0.3) is 0 Å². The lowest BCUT2D eigenvalue weighted by Crippen LogP contribution is -2.39. The van der Waals surface area contributed by atoms with Crippen LogP contribution in [0.15, 0.2) is 6.07 Å². The van der Waals surface area contributed by atoms with Gasteiger partial charge in [0.1, 0.15) is 5.82 Å². The van der Waals surface area contributed by atoms with Crippen molar-refractivity contribution in [1.29, 1.82) is 0 Å². The van der Waals surface area contributed by atoms with E-state index in [2.05, 4.69) is 53.8 Å². The lowest BCUT2D eigenvalue weighted by molar-refractivity contribution is -0.134. The molecule has 2 amide bonds. The molecule has 6 nitrogen and oxygen atoms in total. The van der Waals surface area contributed by atoms with Gasteiger partial charge in [-0.05, 0) is 33.6 Å². The normalized spacial score (nSPS) is 12.1. The Morgan fingerprint density at radius 1 is 1.03 bits per heavy atom. The van der Waals surface area contributed by atoms with Gasteiger partial charge in [0.2, 0.25) is 11.8 Å². The number of hydrogen-bond acceptors (Lipinski definition) is 3. The fourth-order valence-corrected chi connectivity index (χ4v) is 3.13. The minimum atomic E-state index is -0.260. The number of amides is 2. The Hall–Kier alpha value is -1.85. The summed E-state index contributed by atoms with van der Waals surface area (Å²) in [6, 6.07) is 1.94. The maximum absolute atomic E-state index is 12.8. The summed E-state index contributed by atoms with van der Waals surface area (Å²) in [5.41, 5.74) is 0.559. The molecule has 0 saturated carbocycles. The summed E-state index contributed by atoms with van der Waals surface area (Å²) >= 11 is 0. The molecular formula is C23H42N4O2. The molecule has 29 heavy (non-hydrogen) atoms. The van der Waals surface area contributed by atoms with Crippen molar-refractivity contribution >= 4 is 17.6 Å². The van der Waals surface area contributed by atoms with Crippen LogP contribution in [0.3, 0.4) is 0 Å². The van der Waals surface area contributed by atoms with Gasteiger partial charge in [-0.2, -0.15) is 5.10 Å². The molecule has 0 spiro atoms. The summed E-state index contributed by atoms with van der Waals surface area (Å²) in [5.74, 6) is 0.572. The molecule has 0 radical (unpaired) electrons. The van der Waals surface area contributed by atoms with Gasteiger partial charge < -0.3 is 10.2 Å². The molecule has 0 saturated heterocycles. The second kappa shape index (κ2) is 10.8. The highest BCUT2D eigenvalue weighted by molar-refractivity contribution is 5.94. The Bertz CT molecular complexity index is 665. The Morgan fingerprint density at radius 2 is 1.69 bits per heavy atom. The lowest BCUT2D eigenvalue weighted by atomic mass is 9.92. The predicted octanol–water partition coefficient (Wildman–Crippen LogP) is 5.08. The monoisotopic (exact) mass is 406 g/mol. The number of aromatic nitrogens is 2. The van der Waals surface area contributed by atoms with Gasteiger partial charge in [-0.1, -0.05) is 53.9 Å². The van der Waals surface area contributed by atoms with Gasteiger partial charge in [-0.25, -0.2) is 4.68 Å². The molecule has 0 aliphatic heterocycles. The predicted molar refractivity (Wildman–Crippen MR) is 120 cm³/mol. The third kappa shape index (κ3) is 8.19. The maximum Gasteiger partial charge on any atom is 0.245 e. The van der Waals surface area contributed by atoms with E-state index in [1.54, 1.807) is 4.90 Å². The summed E-state index contributed by atoms with van der Waals surface area (Å²) in [5, 5.41) is 7.73. The molecule has 0 atom stereocenters. The minimum Gasteiger partial charge on any atom is -0.333 e. The Morgan fingerprint density at radius 3 is 2.21 bits per heavy atom. The first-order chi connectivity index (χ1) is 13.4. The number of hydrogen-bond donors (Lipinski definition) is 1. The van der Waals surface area contributed by atoms with Crippen LogP contribution in [0.1, 0.15) is 99.6 Å². The van der Waals surface area contributed by atoms with Gasteiger partial charge in [0, 0.05) is 24.4 Å². The number of unbranched alkanes of at least 4 members (excludes halogenated alkanes) is 3. The molecule has 6 heteroatoms. The first kappa shape index (κ1) is 25.2. The molecule has 0 aromatic carbocycles. The first-order valence-corrected chi connectivity index (χ1v) is 11.1. The molecule has 0 aliphatic rings. The molecule has 166 valence electrons. The zero-order chi connectivity index (χ0) is 22.2. The first-order valence-electron chi connectivity index (χ1n) is 11.1. The largest absolute Gasteiger partial charge is 0.333 e. The molecule has 0 aliphatic carbocycles. The molecule has 1 heterocycles. The van der Waals surface area contributed by atoms with Crippen LogP contribution in [-0.2, 0) is 20.5 Å². The number of nitrogens with zero attached hydrogens (tertiary/aromatic N) is 3. The molecule has 0 unspecified atom stereocenters. The van der Waals surface area contributed by atoms with Crippen LogP contribution in [0.2, 0.25) is 0 Å². The average Bonchev–Trinajstić information content (AvgIpc) is 3.02. The van der Waals surface area contributed by atoms with E-state index in [9.17, 15) is 9.59 Å². The number of rotatable bonds is 10. The molecular weight excluding hydrogens is 364 g/mol. The standard InChI is InChI=1S/C23H42N4O2/c1-9-11-12-13-14-21(29)26(15-10-2)17-20(28)24-19-16-18(22(3,4)5)25-27(19)23(6,7)8/h16H,9-15,17H2,1-8H3,(H,24,28). The Balaban J connectivity index is 2.87. The summed E-state index contributed by atoms with van der Waals surface area (Å²) < 4.78 is 1.86. The van der Waals surface area contributed by atoms with E-state index in [0.29, 0.717) is 18.8 Å². The van der Waals surface area contributed by atoms with Crippen LogP contribution in [0.5, 0.6) is 0 Å². The highest BCUT2D eigenvalue weighted by Gasteiger charge is 2.26. The van der Waals surface area contributed by atoms with Crippen molar-refractivity contribution in [2.45, 2.75) is 105 Å². The second-order valence-electron chi connectivity index (χ2n) is 9.92. The third-order valence-corrected chi connectivity index (χ3v) is 4.81. The zero-order valence-corrected chi connectivity index (χ0v) is 19.9. The second-order valence-corrected chi connectivity index (χ2v) is 9.92. The summed E-state index contributed by atoms with van der Waals surface area (Å²) in [4.78, 5) is 27.0. The van der Waals surface area contributed by atoms with Crippen LogP contribution in [-0.4, -0.2) is 39.6 Å². The van der Waals surface area contributed by atoms with Gasteiger partial charge in [-0.3, -0.25) is 9.59 Å². The van der Waals surface area contributed by atoms with E-state index >= 15 is 0 Å². The van der Waals surface area contributed by atoms with E-state index in [-0.39, 0.29) is 29.3 Å². The quantitative estimate of drug-likeness (QED) is 0.551. The van der Waals surface area contributed by atoms with Crippen molar-refractivity contribution in [1.82, 2.24) is 14.7 Å². The van der Waals surface area contributed by atoms with E-state index in [4.69, 9.17) is 5.10 Å². The lowest BCUT2D eigenvalue weighted by Gasteiger charge is -2.24. The van der Waals surface area contributed by atoms with Crippen molar-refractivity contribution in [2.24, 2.45) is 0 Å². The number of carbonyl (C=O) groups is 2. The summed E-state index contributed by atoms with van der Waals surface area (Å²) in [6.07, 6.45) is 5.60. The van der Waals surface area contributed by atoms with Gasteiger partial charge in [0.05, 0.1) is 17.8 Å². The number of nitrogens with one attached hydrogen (secondary N) is 1. The molecule has 1 rings (SSSR count). The molecule has 1 N–H and O–H groups in total. The van der Waals surface area contributed by atoms with Crippen molar-refractivity contribution in [2.75, 3.05) is 18.4 Å². The minimum absolute atomic E-state index is 0.0674. The average molecular weight is 407 g/mol. The summed E-state index contributed by atoms with van der Waals surface area (Å²) in [7, 11) is 0. The van der Waals surface area contributed by atoms with Gasteiger partial charge in [-0.15, -0.1) is 0 Å². The van der Waals surface area contributed by atoms with Crippen LogP contribution < -0.4 is 5.32 Å². The highest BCUT2D eigenvalue weighted by Crippen LogP contribution is 2.28. The van der Waals surface area contributed by atoms with Crippen molar-refractivity contribution < 1.29 is 9.59 Å². The van der Waals surface area contributed by atoms with E-state index < -0.39 is 0 Å². The zero-order valence-electron chi connectivity index (χ0n) is 19.9. The Labute approximate surface area is 177 Å². The van der Waals surface area contributed by atoms with E-state index in [1.165, 1.54) is 0 Å². The molecule has 0 bridgehead atoms. The topological polar surface area (TPSA) is 67.2 Å². The maximum atomic E-state index is 12.8. The van der Waals surface area contributed by atoms with Crippen molar-refractivity contribution in [3.8, 4) is 0 Å². The molecule has 1 aromatic heterocycles. The van der Waals surface area contributed by atoms with E-state index in [0.717, 1.165) is 37.8 Å².